The number of rotatable bonds is 83. The van der Waals surface area contributed by atoms with Crippen molar-refractivity contribution in [1.82, 2.24) is 0 Å². The van der Waals surface area contributed by atoms with Gasteiger partial charge in [0.2, 0.25) is 0 Å². The minimum absolute atomic E-state index is 0.394. The average molecular weight is 1960 g/mol. The Kier molecular flexibility index (Phi) is 81.6. The minimum atomic E-state index is 0.394. The molecule has 11 unspecified atom stereocenters. The number of epoxide rings is 3. The van der Waals surface area contributed by atoms with Crippen molar-refractivity contribution in [3.05, 3.63) is 304 Å². The van der Waals surface area contributed by atoms with Crippen LogP contribution in [0.3, 0.4) is 0 Å². The Morgan fingerprint density at radius 2 is 0.451 bits per heavy atom. The van der Waals surface area contributed by atoms with Gasteiger partial charge in [0.1, 0.15) is 28.9 Å². The molecule has 0 radical (unpaired) electrons. The fourth-order valence-corrected chi connectivity index (χ4v) is 17.0. The first-order valence-electron chi connectivity index (χ1n) is 57.3. The van der Waals surface area contributed by atoms with Crippen LogP contribution in [0.4, 0.5) is 0 Å². The molecule has 8 fully saturated rings. The molecule has 0 aromatic rings. The number of carbonyl (C=O) groups is 5. The molecule has 0 spiro atoms. The van der Waals surface area contributed by atoms with Gasteiger partial charge in [-0.2, -0.15) is 11.8 Å². The number of allylic oxidation sites excluding steroid dienone is 44. The SMILES string of the molecule is CC/C=C\C/C=C\C/C=C\CC1CC1C/C=C\C/C=C\CCC(=O)CC1CC1.CC/C=C\C/C=C\C/C=C\CC1OC1C/C=C\C/C=C\CCC(=O)CC(C)CC.CC/C=C\C/C=C\C/C=C\CC1OC1C/C=C\C/C=C\CCC(=O)CC1CC1.CC/C=C\C/C=C\C/C=C\CC1OC1C/C=C\C/C=C\CCC(=O)CCCCC.CC/C=C\C/C=C\C/C=C\CC1SC1C/C=C\C/C=C\CCC(=O)CC1CC1. The van der Waals surface area contributed by atoms with Crippen molar-refractivity contribution in [3.8, 4) is 0 Å². The number of carbonyl (C=O) groups excluding carboxylic acids is 5. The lowest BCUT2D eigenvalue weighted by molar-refractivity contribution is -0.120. The molecule has 4 saturated heterocycles. The summed E-state index contributed by atoms with van der Waals surface area (Å²) < 4.78 is 17.1. The van der Waals surface area contributed by atoms with Gasteiger partial charge < -0.3 is 14.2 Å². The van der Waals surface area contributed by atoms with E-state index in [-0.39, 0.29) is 0 Å². The Balaban J connectivity index is 0.000000370. The molecule has 0 amide bonds. The monoisotopic (exact) mass is 1960 g/mol. The van der Waals surface area contributed by atoms with Crippen LogP contribution in [-0.2, 0) is 38.2 Å². The summed E-state index contributed by atoms with van der Waals surface area (Å²) in [5, 5.41) is 1.64. The molecule has 0 N–H and O–H groups in total. The van der Waals surface area contributed by atoms with Gasteiger partial charge in [-0.3, -0.25) is 24.0 Å². The van der Waals surface area contributed by atoms with Crippen molar-refractivity contribution in [3.63, 3.8) is 0 Å². The second-order valence-electron chi connectivity index (χ2n) is 39.8. The predicted octanol–water partition coefficient (Wildman–Crippen LogP) is 38.2. The van der Waals surface area contributed by atoms with E-state index in [1.165, 1.54) is 83.5 Å². The van der Waals surface area contributed by atoms with E-state index in [0.717, 1.165) is 297 Å². The summed E-state index contributed by atoms with van der Waals surface area (Å²) in [6, 6.07) is 0. The zero-order chi connectivity index (χ0) is 102. The van der Waals surface area contributed by atoms with Gasteiger partial charge >= 0.3 is 0 Å². The van der Waals surface area contributed by atoms with Gasteiger partial charge in [0.05, 0.1) is 36.6 Å². The van der Waals surface area contributed by atoms with Crippen LogP contribution in [0.15, 0.2) is 304 Å². The summed E-state index contributed by atoms with van der Waals surface area (Å²) in [6.07, 6.45) is 171. The quantitative estimate of drug-likeness (QED) is 0.0333. The van der Waals surface area contributed by atoms with Crippen LogP contribution in [-0.4, -0.2) is 76.0 Å². The third-order valence-corrected chi connectivity index (χ3v) is 27.4. The molecule has 786 valence electrons. The summed E-state index contributed by atoms with van der Waals surface area (Å²) in [5.41, 5.74) is 0. The van der Waals surface area contributed by atoms with Crippen LogP contribution in [0.1, 0.15) is 415 Å². The molecule has 4 aliphatic carbocycles. The largest absolute Gasteiger partial charge is 0.369 e. The highest BCUT2D eigenvalue weighted by Crippen LogP contribution is 2.47. The Bertz CT molecular complexity index is 3790. The highest BCUT2D eigenvalue weighted by molar-refractivity contribution is 8.07. The van der Waals surface area contributed by atoms with Crippen molar-refractivity contribution in [1.29, 1.82) is 0 Å². The highest BCUT2D eigenvalue weighted by Gasteiger charge is 2.39. The minimum Gasteiger partial charge on any atom is -0.369 e. The maximum Gasteiger partial charge on any atom is 0.133 e. The van der Waals surface area contributed by atoms with E-state index >= 15 is 0 Å². The van der Waals surface area contributed by atoms with E-state index < -0.39 is 0 Å². The number of unbranched alkanes of at least 4 members (excludes halogenated alkanes) is 2. The van der Waals surface area contributed by atoms with Gasteiger partial charge in [0.15, 0.2) is 0 Å². The number of thioether (sulfide) groups is 1. The molecular weight excluding hydrogens is 1760 g/mol. The highest BCUT2D eigenvalue weighted by atomic mass is 32.2. The van der Waals surface area contributed by atoms with Crippen LogP contribution in [0.25, 0.3) is 0 Å². The van der Waals surface area contributed by atoms with E-state index in [9.17, 15) is 24.0 Å². The van der Waals surface area contributed by atoms with Gasteiger partial charge in [-0.1, -0.05) is 378 Å². The first-order valence-corrected chi connectivity index (χ1v) is 58.2. The lowest BCUT2D eigenvalue weighted by atomic mass is 10.00. The van der Waals surface area contributed by atoms with E-state index in [2.05, 4.69) is 371 Å². The number of ketones is 5. The van der Waals surface area contributed by atoms with E-state index in [4.69, 9.17) is 14.2 Å². The summed E-state index contributed by atoms with van der Waals surface area (Å²) in [4.78, 5) is 58.4. The second-order valence-corrected chi connectivity index (χ2v) is 41.3. The number of hydrogen-bond acceptors (Lipinski definition) is 9. The van der Waals surface area contributed by atoms with Crippen LogP contribution >= 0.6 is 11.8 Å². The molecule has 0 aromatic carbocycles. The van der Waals surface area contributed by atoms with Gasteiger partial charge in [0, 0.05) is 74.7 Å². The molecule has 8 rings (SSSR count). The molecule has 8 nitrogen and oxygen atoms in total. The smallest absolute Gasteiger partial charge is 0.133 e. The molecular formula is C133H200O8S. The molecule has 4 heterocycles. The molecule has 11 atom stereocenters. The lowest BCUT2D eigenvalue weighted by Gasteiger charge is -2.05. The predicted molar refractivity (Wildman–Crippen MR) is 620 cm³/mol. The molecule has 4 aliphatic heterocycles. The van der Waals surface area contributed by atoms with Crippen molar-refractivity contribution in [2.45, 2.75) is 462 Å². The fraction of sp³-hybridized carbons (Fsp3) is 0.586. The topological polar surface area (TPSA) is 123 Å². The van der Waals surface area contributed by atoms with E-state index in [1.54, 1.807) is 0 Å². The zero-order valence-corrected chi connectivity index (χ0v) is 91.5. The summed E-state index contributed by atoms with van der Waals surface area (Å²) in [5.74, 6) is 6.66. The molecule has 8 aliphatic rings. The molecule has 0 bridgehead atoms. The maximum absolute atomic E-state index is 11.8. The maximum atomic E-state index is 11.8. The average Bonchev–Trinajstić information content (AvgIpc) is 1.72. The van der Waals surface area contributed by atoms with Crippen LogP contribution in [0.2, 0.25) is 0 Å². The van der Waals surface area contributed by atoms with Crippen molar-refractivity contribution >= 4 is 40.7 Å². The van der Waals surface area contributed by atoms with Crippen LogP contribution < -0.4 is 0 Å². The molecule has 9 heteroatoms. The number of hydrogen-bond donors (Lipinski definition) is 0. The normalized spacial score (nSPS) is 21.6. The zero-order valence-electron chi connectivity index (χ0n) is 90.7. The molecule has 142 heavy (non-hydrogen) atoms. The van der Waals surface area contributed by atoms with Crippen molar-refractivity contribution < 1.29 is 38.2 Å². The summed E-state index contributed by atoms with van der Waals surface area (Å²) >= 11 is 2.11. The lowest BCUT2D eigenvalue weighted by Crippen LogP contribution is -2.03. The third kappa shape index (κ3) is 84.3. The van der Waals surface area contributed by atoms with Gasteiger partial charge in [0.25, 0.3) is 0 Å². The Hall–Kier alpha value is -7.92. The third-order valence-electron chi connectivity index (χ3n) is 26.0. The molecule has 4 saturated carbocycles. The summed E-state index contributed by atoms with van der Waals surface area (Å²) in [7, 11) is 0. The van der Waals surface area contributed by atoms with Gasteiger partial charge in [-0.05, 0) is 312 Å². The van der Waals surface area contributed by atoms with Crippen molar-refractivity contribution in [2.75, 3.05) is 0 Å². The first-order chi connectivity index (χ1) is 69.8. The van der Waals surface area contributed by atoms with Crippen LogP contribution in [0.5, 0.6) is 0 Å². The first kappa shape index (κ1) is 126. The Morgan fingerprint density at radius 3 is 0.683 bits per heavy atom. The van der Waals surface area contributed by atoms with Crippen LogP contribution in [0, 0.1) is 35.5 Å². The van der Waals surface area contributed by atoms with E-state index in [0.29, 0.717) is 90.7 Å². The standard InChI is InChI=1S/2C27H42O2.C27H40O.C26H38O2.C26H38OS/c1-4-6-7-8-9-10-11-15-18-21-26-27(29-26)22-19-16-13-12-14-17-20-25(28)23-24(3)5-2;1-3-5-7-8-9-10-11-15-19-23-26-27(29-26)24-20-16-13-12-14-18-22-25(28)21-17-6-4-2;1-2-3-4-5-6-7-8-11-14-17-25-23-26(25)18-15-12-9-10-13-16-19-27(28)22-24-20-21-24;2*1-2-3-4-5-6-7-8-12-15-18-25-26(28-25)19-16-13-10-9-11-14-17-24(27)22-23-20-21-23/h6-7,9-10,12,14-16,18-19,24,26-27H,4-5,8,11,13,17,20-23H2,1-3H3;5,7,9-10,12,14-16,19-20,26-27H,3-4,6,8,11,13,17-18,21-24H2,1-2H3;3-4,6-7,10-15,24-26H,2,5,8-9,16-23H2,1H3;2*3-4,6-7,9,11-13,15-16,23,25-26H,2,5,8,10,14,17-22H2,1H3/b7-6-,10-9-,14-12-,18-15-,19-16-;7-5-,10-9-,14-12-,19-15-,20-16-;4-3-,7-6-,13-10-,14-11-,15-12-;2*4-3-,7-6-,11-9-,15-12-,16-13-. The van der Waals surface area contributed by atoms with Gasteiger partial charge in [-0.25, -0.2) is 0 Å². The Labute approximate surface area is 874 Å². The van der Waals surface area contributed by atoms with Gasteiger partial charge in [-0.15, -0.1) is 0 Å². The fourth-order valence-electron chi connectivity index (χ4n) is 15.9. The summed E-state index contributed by atoms with van der Waals surface area (Å²) in [6.45, 7) is 17.3. The van der Waals surface area contributed by atoms with E-state index in [1.807, 2.05) is 0 Å². The number of ether oxygens (including phenoxy) is 3. The van der Waals surface area contributed by atoms with Crippen molar-refractivity contribution in [2.24, 2.45) is 35.5 Å². The second kappa shape index (κ2) is 91.7. The molecule has 0 aromatic heterocycles. The Morgan fingerprint density at radius 1 is 0.239 bits per heavy atom. The number of Topliss-reactive ketones (excluding diaryl/α,β-unsaturated/α-hetero) is 5.